The summed E-state index contributed by atoms with van der Waals surface area (Å²) in [7, 11) is -10.3. The molecule has 3 fully saturated rings. The van der Waals surface area contributed by atoms with Gasteiger partial charge in [-0.2, -0.15) is 0 Å². The predicted molar refractivity (Wildman–Crippen MR) is 155 cm³/mol. The summed E-state index contributed by atoms with van der Waals surface area (Å²) >= 11 is 0. The van der Waals surface area contributed by atoms with Crippen molar-refractivity contribution in [2.45, 2.75) is 107 Å². The minimum absolute atomic E-state index is 0.0289. The van der Waals surface area contributed by atoms with Crippen LogP contribution in [0.15, 0.2) is 5.28 Å². The number of piperazine rings is 1. The first-order chi connectivity index (χ1) is 21.6. The van der Waals surface area contributed by atoms with Gasteiger partial charge < -0.3 is 58.6 Å². The molecule has 3 saturated heterocycles. The second-order valence-electron chi connectivity index (χ2n) is 13.3. The first kappa shape index (κ1) is 40.4. The highest BCUT2D eigenvalue weighted by molar-refractivity contribution is 7.86. The first-order valence-electron chi connectivity index (χ1n) is 14.8. The minimum atomic E-state index is -5.79. The van der Waals surface area contributed by atoms with Gasteiger partial charge in [0.1, 0.15) is 44.4 Å². The number of rotatable bonds is 11. The number of carboxylic acids is 1. The van der Waals surface area contributed by atoms with Crippen molar-refractivity contribution in [1.29, 1.82) is 0 Å². The molecule has 3 aliphatic rings. The molecule has 10 unspecified atom stereocenters. The van der Waals surface area contributed by atoms with Gasteiger partial charge in [-0.25, -0.2) is 21.6 Å². The van der Waals surface area contributed by atoms with Gasteiger partial charge in [0.25, 0.3) is 0 Å². The van der Waals surface area contributed by atoms with Crippen molar-refractivity contribution < 1.29 is 70.0 Å². The van der Waals surface area contributed by atoms with Crippen LogP contribution in [0, 0.1) is 15.8 Å². The smallest absolute Gasteiger partial charge is 0.198 e. The second kappa shape index (κ2) is 12.9. The second-order valence-corrected chi connectivity index (χ2v) is 16.0. The number of carbonyl (C=O) groups excluding carboxylic acids is 1. The summed E-state index contributed by atoms with van der Waals surface area (Å²) in [6.45, 7) is 7.60. The Morgan fingerprint density at radius 2 is 1.56 bits per heavy atom. The van der Waals surface area contributed by atoms with Gasteiger partial charge in [-0.1, -0.05) is 13.8 Å². The zero-order chi connectivity index (χ0) is 37.1. The van der Waals surface area contributed by atoms with Gasteiger partial charge in [0.15, 0.2) is 21.9 Å². The molecule has 3 heterocycles. The Labute approximate surface area is 278 Å². The van der Waals surface area contributed by atoms with Crippen molar-refractivity contribution in [2.75, 3.05) is 39.8 Å². The molecular formula is C25H43N5O16S2-4. The van der Waals surface area contributed by atoms with Gasteiger partial charge in [-0.05, 0) is 46.3 Å². The van der Waals surface area contributed by atoms with E-state index >= 15 is 0 Å². The molecule has 0 spiro atoms. The van der Waals surface area contributed by atoms with Crippen molar-refractivity contribution in [3.05, 3.63) is 10.4 Å². The Bertz CT molecular complexity index is 1470. The molecule has 0 saturated carbocycles. The summed E-state index contributed by atoms with van der Waals surface area (Å²) in [6, 6.07) is -2.31. The van der Waals surface area contributed by atoms with Crippen molar-refractivity contribution >= 4 is 26.4 Å². The van der Waals surface area contributed by atoms with Crippen LogP contribution in [-0.2, 0) is 44.2 Å². The van der Waals surface area contributed by atoms with Crippen LogP contribution in [0.25, 0.3) is 0 Å². The van der Waals surface area contributed by atoms with Gasteiger partial charge in [0, 0.05) is 37.1 Å². The molecular weight excluding hydrogens is 690 g/mol. The number of methoxy groups -OCH3 is 1. The number of ether oxygens (including phenoxy) is 4. The molecule has 0 amide bonds. The number of hydrogen-bond acceptors (Lipinski definition) is 18. The summed E-state index contributed by atoms with van der Waals surface area (Å²) in [4.78, 5) is 13.9. The van der Waals surface area contributed by atoms with Gasteiger partial charge in [-0.15, -0.1) is 5.01 Å². The summed E-state index contributed by atoms with van der Waals surface area (Å²) in [5.41, 5.74) is -9.42. The monoisotopic (exact) mass is 733 g/mol. The average Bonchev–Trinajstić information content (AvgIpc) is 2.95. The summed E-state index contributed by atoms with van der Waals surface area (Å²) in [6.07, 6.45) is -3.76. The standard InChI is InChI=1S/C25H47N5O16S2/c1-9-20(2)17(19(31)32)45-25(7,24(6,34)23(20,5)33)46-21(3)15(14-28-10-12-29(13-11-28)30(36)27-35)44-22(4,43-8)16(26-48(40,41)42)18(21)47(37,38)39/h15-18,26,33-35H,9-14H2,1-8H3,(H,31,32)(H,37,38,39)(H,40,41,42)/p-4/b30-27-. The molecule has 0 aliphatic carbocycles. The van der Waals surface area contributed by atoms with E-state index in [4.69, 9.17) is 18.9 Å². The molecule has 280 valence electrons. The van der Waals surface area contributed by atoms with Crippen LogP contribution >= 0.6 is 0 Å². The molecule has 23 heteroatoms. The third-order valence-corrected chi connectivity index (χ3v) is 12.7. The van der Waals surface area contributed by atoms with Crippen molar-refractivity contribution in [3.63, 3.8) is 0 Å². The van der Waals surface area contributed by atoms with Gasteiger partial charge in [-0.3, -0.25) is 4.90 Å². The quantitative estimate of drug-likeness (QED) is 0.0807. The van der Waals surface area contributed by atoms with E-state index in [1.807, 2.05) is 0 Å². The van der Waals surface area contributed by atoms with Crippen LogP contribution < -0.4 is 9.83 Å². The van der Waals surface area contributed by atoms with E-state index < -0.39 is 83.7 Å². The van der Waals surface area contributed by atoms with Crippen molar-refractivity contribution in [3.8, 4) is 0 Å². The zero-order valence-electron chi connectivity index (χ0n) is 27.8. The van der Waals surface area contributed by atoms with Crippen LogP contribution in [-0.4, -0.2) is 149 Å². The maximum Gasteiger partial charge on any atom is 0.198 e. The van der Waals surface area contributed by atoms with Crippen molar-refractivity contribution in [1.82, 2.24) is 14.6 Å². The van der Waals surface area contributed by atoms with Gasteiger partial charge >= 0.3 is 0 Å². The van der Waals surface area contributed by atoms with Crippen LogP contribution in [0.1, 0.15) is 54.9 Å². The third kappa shape index (κ3) is 6.71. The van der Waals surface area contributed by atoms with Crippen LogP contribution in [0.2, 0.25) is 0 Å². The van der Waals surface area contributed by atoms with Gasteiger partial charge in [0.2, 0.25) is 0 Å². The molecule has 0 radical (unpaired) electrons. The summed E-state index contributed by atoms with van der Waals surface area (Å²) in [5.74, 6) is -6.91. The number of hydrogen-bond donors (Lipinski definition) is 3. The Balaban J connectivity index is 2.27. The van der Waals surface area contributed by atoms with E-state index in [2.05, 4.69) is 5.28 Å². The molecule has 3 N–H and O–H groups in total. The third-order valence-electron chi connectivity index (χ3n) is 10.7. The highest BCUT2D eigenvalue weighted by atomic mass is 32.2. The van der Waals surface area contributed by atoms with E-state index in [1.165, 1.54) is 13.8 Å². The summed E-state index contributed by atoms with van der Waals surface area (Å²) in [5, 5.41) is 59.4. The number of carboxylic acid groups (broad SMARTS) is 1. The maximum atomic E-state index is 13.2. The average molecular weight is 734 g/mol. The predicted octanol–water partition coefficient (Wildman–Crippen LogP) is -3.37. The van der Waals surface area contributed by atoms with Crippen LogP contribution in [0.5, 0.6) is 0 Å². The lowest BCUT2D eigenvalue weighted by Gasteiger charge is -2.66. The molecule has 0 aromatic carbocycles. The van der Waals surface area contributed by atoms with E-state index in [1.54, 1.807) is 9.62 Å². The van der Waals surface area contributed by atoms with E-state index in [0.29, 0.717) is 0 Å². The number of carbonyl (C=O) groups is 1. The molecule has 48 heavy (non-hydrogen) atoms. The topological polar surface area (TPSA) is 312 Å². The Kier molecular flexibility index (Phi) is 10.9. The first-order valence-corrected chi connectivity index (χ1v) is 17.7. The van der Waals surface area contributed by atoms with E-state index in [0.717, 1.165) is 46.7 Å². The van der Waals surface area contributed by atoms with Crippen molar-refractivity contribution in [2.24, 2.45) is 10.7 Å². The lowest BCUT2D eigenvalue weighted by molar-refractivity contribution is -0.692. The highest BCUT2D eigenvalue weighted by Gasteiger charge is 2.74. The van der Waals surface area contributed by atoms with Gasteiger partial charge in [0.05, 0.1) is 25.1 Å². The summed E-state index contributed by atoms with van der Waals surface area (Å²) < 4.78 is 101. The van der Waals surface area contributed by atoms with Crippen LogP contribution in [0.3, 0.4) is 0 Å². The maximum absolute atomic E-state index is 13.2. The SMILES string of the molecule is CCC1(C)C(C(=O)[O-])OC(C)(OC2(C)C(CN3CCN(/[N+]([O-])=N/[O-])CC3)OC(C)(OC)C(NS(=O)(=O)[O-])C2S(=O)(=O)[O-])C(C)(O)C1(C)O. The number of nitrogens with one attached hydrogen (secondary N) is 1. The lowest BCUT2D eigenvalue weighted by Crippen LogP contribution is -2.83. The minimum Gasteiger partial charge on any atom is -0.748 e. The number of nitrogens with zero attached hydrogens (tertiary/aromatic N) is 4. The lowest BCUT2D eigenvalue weighted by atomic mass is 9.57. The molecule has 10 atom stereocenters. The number of aliphatic carboxylic acids is 1. The number of hydrazine groups is 1. The van der Waals surface area contributed by atoms with E-state index in [-0.39, 0.29) is 44.1 Å². The highest BCUT2D eigenvalue weighted by Crippen LogP contribution is 2.57. The molecule has 0 aromatic rings. The zero-order valence-corrected chi connectivity index (χ0v) is 29.4. The largest absolute Gasteiger partial charge is 0.748 e. The fourth-order valence-corrected chi connectivity index (χ4v) is 9.21. The Morgan fingerprint density at radius 3 is 1.98 bits per heavy atom. The Hall–Kier alpha value is -2.03. The fourth-order valence-electron chi connectivity index (χ4n) is 7.04. The normalized spacial score (nSPS) is 43.7. The Morgan fingerprint density at radius 1 is 1.02 bits per heavy atom. The van der Waals surface area contributed by atoms with E-state index in [9.17, 15) is 56.5 Å². The molecule has 21 nitrogen and oxygen atoms in total. The number of aliphatic hydroxyl groups is 2. The fraction of sp³-hybridized carbons (Fsp3) is 0.960. The molecule has 3 rings (SSSR count). The molecule has 0 bridgehead atoms. The molecule has 0 aromatic heterocycles. The van der Waals surface area contributed by atoms with Crippen LogP contribution in [0.4, 0.5) is 0 Å². The molecule has 3 aliphatic heterocycles.